The first-order chi connectivity index (χ1) is 16.1. The van der Waals surface area contributed by atoms with Gasteiger partial charge in [0.25, 0.3) is 0 Å². The number of benzene rings is 3. The number of nitrogens with one attached hydrogen (secondary N) is 1. The van der Waals surface area contributed by atoms with E-state index in [1.165, 1.54) is 5.56 Å². The molecule has 0 aliphatic carbocycles. The van der Waals surface area contributed by atoms with Crippen LogP contribution in [0.2, 0.25) is 5.02 Å². The topological polar surface area (TPSA) is 54.6 Å². The third-order valence-corrected chi connectivity index (χ3v) is 6.18. The summed E-state index contributed by atoms with van der Waals surface area (Å²) in [5.41, 5.74) is 4.18. The van der Waals surface area contributed by atoms with Crippen LogP contribution in [0.25, 0.3) is 10.9 Å². The minimum absolute atomic E-state index is 0.309. The molecule has 1 unspecified atom stereocenters. The van der Waals surface area contributed by atoms with Gasteiger partial charge in [-0.15, -0.1) is 0 Å². The van der Waals surface area contributed by atoms with Crippen molar-refractivity contribution in [3.05, 3.63) is 94.6 Å². The van der Waals surface area contributed by atoms with Gasteiger partial charge in [0.05, 0.1) is 6.61 Å². The fourth-order valence-electron chi connectivity index (χ4n) is 4.42. The minimum Gasteiger partial charge on any atom is -0.494 e. The van der Waals surface area contributed by atoms with Gasteiger partial charge in [-0.1, -0.05) is 48.9 Å². The van der Waals surface area contributed by atoms with E-state index in [2.05, 4.69) is 11.9 Å². The SMILES string of the molecule is CCCOc1ccc(C2c3[nH]c4ccc(Cl)cc4c3CCN2C(=O)Oc2ccccc2)cc1. The Morgan fingerprint density at radius 2 is 1.85 bits per heavy atom. The number of nitrogens with zero attached hydrogens (tertiary/aromatic N) is 1. The van der Waals surface area contributed by atoms with Gasteiger partial charge in [-0.3, -0.25) is 4.90 Å². The summed E-state index contributed by atoms with van der Waals surface area (Å²) in [5.74, 6) is 1.34. The summed E-state index contributed by atoms with van der Waals surface area (Å²) in [5, 5.41) is 1.80. The summed E-state index contributed by atoms with van der Waals surface area (Å²) in [6.07, 6.45) is 1.29. The highest BCUT2D eigenvalue weighted by Gasteiger charge is 2.35. The first-order valence-corrected chi connectivity index (χ1v) is 11.6. The average Bonchev–Trinajstić information content (AvgIpc) is 3.21. The lowest BCUT2D eigenvalue weighted by molar-refractivity contribution is 0.135. The van der Waals surface area contributed by atoms with Crippen molar-refractivity contribution < 1.29 is 14.3 Å². The molecule has 1 aliphatic heterocycles. The predicted octanol–water partition coefficient (Wildman–Crippen LogP) is 6.76. The maximum Gasteiger partial charge on any atom is 0.416 e. The van der Waals surface area contributed by atoms with Gasteiger partial charge in [0.2, 0.25) is 0 Å². The molecule has 1 N–H and O–H groups in total. The van der Waals surface area contributed by atoms with Crippen LogP contribution < -0.4 is 9.47 Å². The molecule has 0 saturated heterocycles. The monoisotopic (exact) mass is 460 g/mol. The van der Waals surface area contributed by atoms with Gasteiger partial charge in [-0.2, -0.15) is 0 Å². The van der Waals surface area contributed by atoms with E-state index in [0.29, 0.717) is 30.3 Å². The predicted molar refractivity (Wildman–Crippen MR) is 130 cm³/mol. The number of aromatic amines is 1. The maximum atomic E-state index is 13.3. The number of H-pyrrole nitrogens is 1. The average molecular weight is 461 g/mol. The molecule has 3 aromatic carbocycles. The van der Waals surface area contributed by atoms with Crippen LogP contribution in [-0.2, 0) is 6.42 Å². The largest absolute Gasteiger partial charge is 0.494 e. The van der Waals surface area contributed by atoms with Crippen LogP contribution in [0.4, 0.5) is 4.79 Å². The van der Waals surface area contributed by atoms with E-state index in [-0.39, 0.29) is 12.1 Å². The molecule has 5 nitrogen and oxygen atoms in total. The molecule has 0 spiro atoms. The number of halogens is 1. The van der Waals surface area contributed by atoms with Crippen molar-refractivity contribution in [2.75, 3.05) is 13.2 Å². The van der Waals surface area contributed by atoms with Gasteiger partial charge >= 0.3 is 6.09 Å². The molecule has 33 heavy (non-hydrogen) atoms. The Morgan fingerprint density at radius 3 is 2.61 bits per heavy atom. The number of para-hydroxylation sites is 1. The summed E-state index contributed by atoms with van der Waals surface area (Å²) in [6, 6.07) is 22.7. The van der Waals surface area contributed by atoms with Crippen LogP contribution in [0.3, 0.4) is 0 Å². The zero-order valence-corrected chi connectivity index (χ0v) is 19.1. The summed E-state index contributed by atoms with van der Waals surface area (Å²) in [6.45, 7) is 3.29. The Labute approximate surface area is 197 Å². The fourth-order valence-corrected chi connectivity index (χ4v) is 4.59. The van der Waals surface area contributed by atoms with Crippen molar-refractivity contribution in [3.63, 3.8) is 0 Å². The van der Waals surface area contributed by atoms with E-state index in [1.807, 2.05) is 60.7 Å². The van der Waals surface area contributed by atoms with Crippen LogP contribution in [0.15, 0.2) is 72.8 Å². The maximum absolute atomic E-state index is 13.3. The second kappa shape index (κ2) is 9.20. The molecule has 5 rings (SSSR count). The van der Waals surface area contributed by atoms with E-state index in [0.717, 1.165) is 34.3 Å². The third kappa shape index (κ3) is 4.29. The Morgan fingerprint density at radius 1 is 1.06 bits per heavy atom. The number of ether oxygens (including phenoxy) is 2. The molecule has 0 bridgehead atoms. The van der Waals surface area contributed by atoms with E-state index in [4.69, 9.17) is 21.1 Å². The third-order valence-electron chi connectivity index (χ3n) is 5.94. The normalized spacial score (nSPS) is 15.3. The number of hydrogen-bond acceptors (Lipinski definition) is 3. The van der Waals surface area contributed by atoms with Crippen LogP contribution in [0.1, 0.15) is 36.2 Å². The number of carbonyl (C=O) groups excluding carboxylic acids is 1. The van der Waals surface area contributed by atoms with Gasteiger partial charge in [0.15, 0.2) is 0 Å². The van der Waals surface area contributed by atoms with Gasteiger partial charge in [0.1, 0.15) is 17.5 Å². The van der Waals surface area contributed by atoms with Gasteiger partial charge in [-0.05, 0) is 66.4 Å². The second-order valence-corrected chi connectivity index (χ2v) is 8.59. The van der Waals surface area contributed by atoms with Gasteiger partial charge in [-0.25, -0.2) is 4.79 Å². The minimum atomic E-state index is -0.375. The van der Waals surface area contributed by atoms with Crippen molar-refractivity contribution >= 4 is 28.6 Å². The smallest absolute Gasteiger partial charge is 0.416 e. The number of aromatic nitrogens is 1. The molecule has 0 fully saturated rings. The van der Waals surface area contributed by atoms with Crippen molar-refractivity contribution in [3.8, 4) is 11.5 Å². The van der Waals surface area contributed by atoms with E-state index in [1.54, 1.807) is 17.0 Å². The lowest BCUT2D eigenvalue weighted by Gasteiger charge is -2.35. The Kier molecular flexibility index (Phi) is 5.97. The quantitative estimate of drug-likeness (QED) is 0.358. The molecule has 0 radical (unpaired) electrons. The molecule has 1 atom stereocenters. The van der Waals surface area contributed by atoms with Crippen LogP contribution in [0.5, 0.6) is 11.5 Å². The summed E-state index contributed by atoms with van der Waals surface area (Å²) in [7, 11) is 0. The second-order valence-electron chi connectivity index (χ2n) is 8.15. The van der Waals surface area contributed by atoms with E-state index in [9.17, 15) is 4.79 Å². The number of amides is 1. The number of rotatable bonds is 5. The Hall–Kier alpha value is -3.44. The lowest BCUT2D eigenvalue weighted by Crippen LogP contribution is -2.42. The first-order valence-electron chi connectivity index (χ1n) is 11.2. The molecular weight excluding hydrogens is 436 g/mol. The van der Waals surface area contributed by atoms with Gasteiger partial charge < -0.3 is 14.5 Å². The van der Waals surface area contributed by atoms with Crippen molar-refractivity contribution in [1.82, 2.24) is 9.88 Å². The van der Waals surface area contributed by atoms with Crippen LogP contribution in [0, 0.1) is 0 Å². The zero-order valence-electron chi connectivity index (χ0n) is 18.4. The highest BCUT2D eigenvalue weighted by Crippen LogP contribution is 2.40. The number of fused-ring (bicyclic) bond motifs is 3. The molecular formula is C27H25ClN2O3. The van der Waals surface area contributed by atoms with E-state index < -0.39 is 0 Å². The first kappa shape index (κ1) is 21.4. The Bertz CT molecular complexity index is 1270. The Balaban J connectivity index is 1.55. The molecule has 6 heteroatoms. The number of hydrogen-bond donors (Lipinski definition) is 1. The standard InChI is InChI=1S/C27H25ClN2O3/c1-2-16-32-20-11-8-18(9-12-20)26-25-22(23-17-19(28)10-13-24(23)29-25)14-15-30(26)27(31)33-21-6-4-3-5-7-21/h3-13,17,26,29H,2,14-16H2,1H3. The molecule has 1 aliphatic rings. The van der Waals surface area contributed by atoms with Gasteiger partial charge in [0, 0.05) is 28.2 Å². The fraction of sp³-hybridized carbons (Fsp3) is 0.222. The van der Waals surface area contributed by atoms with E-state index >= 15 is 0 Å². The summed E-state index contributed by atoms with van der Waals surface area (Å²) >= 11 is 6.29. The molecule has 0 saturated carbocycles. The zero-order chi connectivity index (χ0) is 22.8. The van der Waals surface area contributed by atoms with Crippen molar-refractivity contribution in [1.29, 1.82) is 0 Å². The molecule has 4 aromatic rings. The molecule has 1 amide bonds. The summed E-state index contributed by atoms with van der Waals surface area (Å²) in [4.78, 5) is 18.6. The lowest BCUT2D eigenvalue weighted by atomic mass is 9.92. The molecule has 168 valence electrons. The van der Waals surface area contributed by atoms with Crippen LogP contribution in [-0.4, -0.2) is 29.1 Å². The van der Waals surface area contributed by atoms with Crippen LogP contribution >= 0.6 is 11.6 Å². The molecule has 1 aromatic heterocycles. The number of carbonyl (C=O) groups is 1. The highest BCUT2D eigenvalue weighted by molar-refractivity contribution is 6.31. The van der Waals surface area contributed by atoms with Crippen molar-refractivity contribution in [2.24, 2.45) is 0 Å². The highest BCUT2D eigenvalue weighted by atomic mass is 35.5. The summed E-state index contributed by atoms with van der Waals surface area (Å²) < 4.78 is 11.5. The van der Waals surface area contributed by atoms with Crippen molar-refractivity contribution in [2.45, 2.75) is 25.8 Å². The molecule has 2 heterocycles.